The third-order valence-corrected chi connectivity index (χ3v) is 0.959. The summed E-state index contributed by atoms with van der Waals surface area (Å²) in [4.78, 5) is 0. The van der Waals surface area contributed by atoms with Crippen molar-refractivity contribution in [3.8, 4) is 0 Å². The second kappa shape index (κ2) is 4.69. The highest BCUT2D eigenvalue weighted by molar-refractivity contribution is 5.22. The van der Waals surface area contributed by atoms with Gasteiger partial charge in [0.1, 0.15) is 0 Å². The third-order valence-electron chi connectivity index (χ3n) is 0.959. The van der Waals surface area contributed by atoms with Crippen LogP contribution in [0.3, 0.4) is 0 Å². The lowest BCUT2D eigenvalue weighted by Gasteiger charge is -2.08. The monoisotopic (exact) mass is 196 g/mol. The van der Waals surface area contributed by atoms with Gasteiger partial charge in [-0.15, -0.1) is 13.2 Å². The second-order valence-electron chi connectivity index (χ2n) is 1.96. The van der Waals surface area contributed by atoms with E-state index in [1.807, 2.05) is 0 Å². The Balaban J connectivity index is 4.69. The van der Waals surface area contributed by atoms with Crippen LogP contribution in [-0.2, 0) is 4.74 Å². The summed E-state index contributed by atoms with van der Waals surface area (Å²) in [5.74, 6) is -2.06. The summed E-state index contributed by atoms with van der Waals surface area (Å²) >= 11 is 0. The van der Waals surface area contributed by atoms with E-state index in [-0.39, 0.29) is 0 Å². The Bertz CT molecular complexity index is 237. The van der Waals surface area contributed by atoms with Crippen LogP contribution < -0.4 is 0 Å². The first-order chi connectivity index (χ1) is 5.90. The van der Waals surface area contributed by atoms with Gasteiger partial charge in [-0.25, -0.2) is 4.39 Å². The van der Waals surface area contributed by atoms with Crippen molar-refractivity contribution in [2.45, 2.75) is 13.3 Å². The largest absolute Gasteiger partial charge is 0.573 e. The standard InChI is InChI=1S/C8H8F4O/c1-3-5-6(9)7(4-2)13-8(10,11)12/h3-5H,2H2,1H3/b5-3-,7-6-. The lowest BCUT2D eigenvalue weighted by atomic mass is 10.4. The summed E-state index contributed by atoms with van der Waals surface area (Å²) in [5.41, 5.74) is 0. The normalized spacial score (nSPS) is 14.2. The molecule has 0 N–H and O–H groups in total. The number of hydrogen-bond acceptors (Lipinski definition) is 1. The van der Waals surface area contributed by atoms with Crippen molar-refractivity contribution in [1.82, 2.24) is 0 Å². The van der Waals surface area contributed by atoms with E-state index >= 15 is 0 Å². The molecule has 0 aromatic carbocycles. The maximum Gasteiger partial charge on any atom is 0.573 e. The molecule has 0 fully saturated rings. The molecule has 0 aromatic rings. The second-order valence-corrected chi connectivity index (χ2v) is 1.96. The molecule has 0 radical (unpaired) electrons. The van der Waals surface area contributed by atoms with Gasteiger partial charge in [0.15, 0.2) is 11.6 Å². The van der Waals surface area contributed by atoms with Crippen molar-refractivity contribution in [2.24, 2.45) is 0 Å². The minimum atomic E-state index is -4.90. The molecule has 0 saturated carbocycles. The molecular formula is C8H8F4O. The van der Waals surface area contributed by atoms with E-state index in [0.717, 1.165) is 6.08 Å². The molecule has 0 spiro atoms. The number of hydrogen-bond donors (Lipinski definition) is 0. The summed E-state index contributed by atoms with van der Waals surface area (Å²) in [6.07, 6.45) is -2.15. The molecular weight excluding hydrogens is 188 g/mol. The smallest absolute Gasteiger partial charge is 0.403 e. The molecule has 0 amide bonds. The van der Waals surface area contributed by atoms with Crippen LogP contribution in [0.25, 0.3) is 0 Å². The van der Waals surface area contributed by atoms with Gasteiger partial charge in [0.2, 0.25) is 0 Å². The molecule has 0 aromatic heterocycles. The number of halogens is 4. The fourth-order valence-corrected chi connectivity index (χ4v) is 0.541. The first-order valence-corrected chi connectivity index (χ1v) is 3.31. The number of ether oxygens (including phenoxy) is 1. The Morgan fingerprint density at radius 2 is 1.92 bits per heavy atom. The molecule has 74 valence electrons. The average Bonchev–Trinajstić information content (AvgIpc) is 1.99. The lowest BCUT2D eigenvalue weighted by molar-refractivity contribution is -0.304. The van der Waals surface area contributed by atoms with Crippen LogP contribution >= 0.6 is 0 Å². The van der Waals surface area contributed by atoms with Gasteiger partial charge in [-0.1, -0.05) is 12.7 Å². The van der Waals surface area contributed by atoms with Crippen LogP contribution in [0.15, 0.2) is 36.4 Å². The SMILES string of the molecule is C=C/C(OC(F)(F)F)=C(F)\C=C/C. The molecule has 0 saturated heterocycles. The quantitative estimate of drug-likeness (QED) is 0.381. The van der Waals surface area contributed by atoms with Gasteiger partial charge in [0.05, 0.1) is 0 Å². The molecule has 13 heavy (non-hydrogen) atoms. The Morgan fingerprint density at radius 3 is 2.23 bits per heavy atom. The van der Waals surface area contributed by atoms with Crippen molar-refractivity contribution in [3.63, 3.8) is 0 Å². The highest BCUT2D eigenvalue weighted by Crippen LogP contribution is 2.23. The average molecular weight is 196 g/mol. The van der Waals surface area contributed by atoms with Gasteiger partial charge >= 0.3 is 6.36 Å². The lowest BCUT2D eigenvalue weighted by Crippen LogP contribution is -2.12. The first-order valence-electron chi connectivity index (χ1n) is 3.31. The molecule has 0 aliphatic heterocycles. The van der Waals surface area contributed by atoms with Crippen molar-refractivity contribution < 1.29 is 22.3 Å². The first kappa shape index (κ1) is 11.7. The summed E-state index contributed by atoms with van der Waals surface area (Å²) in [5, 5.41) is 0. The zero-order valence-corrected chi connectivity index (χ0v) is 6.86. The number of rotatable bonds is 3. The van der Waals surface area contributed by atoms with Crippen molar-refractivity contribution in [1.29, 1.82) is 0 Å². The molecule has 1 nitrogen and oxygen atoms in total. The Labute approximate surface area is 73.0 Å². The zero-order valence-electron chi connectivity index (χ0n) is 6.86. The van der Waals surface area contributed by atoms with Crippen molar-refractivity contribution in [3.05, 3.63) is 36.4 Å². The van der Waals surface area contributed by atoms with E-state index in [0.29, 0.717) is 6.08 Å². The Kier molecular flexibility index (Phi) is 4.23. The topological polar surface area (TPSA) is 9.23 Å². The third kappa shape index (κ3) is 5.05. The van der Waals surface area contributed by atoms with Gasteiger partial charge in [0, 0.05) is 0 Å². The summed E-state index contributed by atoms with van der Waals surface area (Å²) in [7, 11) is 0. The molecule has 0 heterocycles. The molecule has 0 atom stereocenters. The minimum absolute atomic E-state index is 0.656. The zero-order chi connectivity index (χ0) is 10.5. The highest BCUT2D eigenvalue weighted by atomic mass is 19.4. The van der Waals surface area contributed by atoms with E-state index in [4.69, 9.17) is 0 Å². The van der Waals surface area contributed by atoms with Crippen LogP contribution in [0.5, 0.6) is 0 Å². The Morgan fingerprint density at radius 1 is 1.38 bits per heavy atom. The van der Waals surface area contributed by atoms with E-state index in [2.05, 4.69) is 11.3 Å². The molecule has 0 bridgehead atoms. The van der Waals surface area contributed by atoms with E-state index in [1.54, 1.807) is 0 Å². The summed E-state index contributed by atoms with van der Waals surface area (Å²) < 4.78 is 50.8. The van der Waals surface area contributed by atoms with Crippen LogP contribution in [0.4, 0.5) is 17.6 Å². The maximum atomic E-state index is 12.7. The summed E-state index contributed by atoms with van der Waals surface area (Å²) in [6, 6.07) is 0. The number of alkyl halides is 3. The summed E-state index contributed by atoms with van der Waals surface area (Å²) in [6.45, 7) is 4.46. The van der Waals surface area contributed by atoms with Crippen molar-refractivity contribution in [2.75, 3.05) is 0 Å². The maximum absolute atomic E-state index is 12.7. The van der Waals surface area contributed by atoms with Crippen molar-refractivity contribution >= 4 is 0 Å². The van der Waals surface area contributed by atoms with E-state index in [9.17, 15) is 17.6 Å². The minimum Gasteiger partial charge on any atom is -0.403 e. The fraction of sp³-hybridized carbons (Fsp3) is 0.250. The molecule has 5 heteroatoms. The predicted octanol–water partition coefficient (Wildman–Crippen LogP) is 3.47. The molecule has 0 rings (SSSR count). The molecule has 0 unspecified atom stereocenters. The van der Waals surface area contributed by atoms with Gasteiger partial charge in [-0.2, -0.15) is 0 Å². The van der Waals surface area contributed by atoms with Gasteiger partial charge in [-0.3, -0.25) is 0 Å². The predicted molar refractivity (Wildman–Crippen MR) is 40.3 cm³/mol. The molecule has 0 aliphatic carbocycles. The highest BCUT2D eigenvalue weighted by Gasteiger charge is 2.32. The van der Waals surface area contributed by atoms with Gasteiger partial charge in [-0.05, 0) is 19.1 Å². The van der Waals surface area contributed by atoms with Crippen LogP contribution in [0, 0.1) is 0 Å². The number of allylic oxidation sites excluding steroid dienone is 4. The van der Waals surface area contributed by atoms with Crippen LogP contribution in [0.2, 0.25) is 0 Å². The van der Waals surface area contributed by atoms with Gasteiger partial charge < -0.3 is 4.74 Å². The Hall–Kier alpha value is -1.26. The molecule has 0 aliphatic rings. The van der Waals surface area contributed by atoms with E-state index in [1.165, 1.54) is 13.0 Å². The van der Waals surface area contributed by atoms with Crippen LogP contribution in [-0.4, -0.2) is 6.36 Å². The van der Waals surface area contributed by atoms with Gasteiger partial charge in [0.25, 0.3) is 0 Å². The van der Waals surface area contributed by atoms with E-state index < -0.39 is 17.9 Å². The van der Waals surface area contributed by atoms with Crippen LogP contribution in [0.1, 0.15) is 6.92 Å². The fourth-order valence-electron chi connectivity index (χ4n) is 0.541.